The molecule has 4 aromatic rings. The van der Waals surface area contributed by atoms with Crippen molar-refractivity contribution in [3.63, 3.8) is 0 Å². The predicted octanol–water partition coefficient (Wildman–Crippen LogP) is 4.96. The van der Waals surface area contributed by atoms with Crippen molar-refractivity contribution in [2.24, 2.45) is 0 Å². The molecule has 0 fully saturated rings. The Labute approximate surface area is 115 Å². The zero-order chi connectivity index (χ0) is 13.5. The van der Waals surface area contributed by atoms with Gasteiger partial charge < -0.3 is 9.52 Å². The molecule has 1 N–H and O–H groups in total. The summed E-state index contributed by atoms with van der Waals surface area (Å²) >= 11 is 0. The molecule has 0 spiro atoms. The molecule has 1 aromatic heterocycles. The number of phenols is 1. The van der Waals surface area contributed by atoms with Crippen LogP contribution in [0.1, 0.15) is 0 Å². The molecule has 0 aliphatic heterocycles. The molecule has 2 nitrogen and oxygen atoms in total. The van der Waals surface area contributed by atoms with E-state index in [4.69, 9.17) is 4.42 Å². The fourth-order valence-electron chi connectivity index (χ4n) is 2.66. The zero-order valence-electron chi connectivity index (χ0n) is 10.7. The molecule has 0 unspecified atom stereocenters. The van der Waals surface area contributed by atoms with Crippen molar-refractivity contribution in [1.29, 1.82) is 0 Å². The highest BCUT2D eigenvalue weighted by Crippen LogP contribution is 2.36. The van der Waals surface area contributed by atoms with Gasteiger partial charge in [0.2, 0.25) is 0 Å². The van der Waals surface area contributed by atoms with Crippen molar-refractivity contribution in [3.05, 3.63) is 66.7 Å². The quantitative estimate of drug-likeness (QED) is 0.525. The number of para-hydroxylation sites is 1. The van der Waals surface area contributed by atoms with Gasteiger partial charge in [-0.2, -0.15) is 0 Å². The summed E-state index contributed by atoms with van der Waals surface area (Å²) in [4.78, 5) is 0. The smallest absolute Gasteiger partial charge is 0.136 e. The van der Waals surface area contributed by atoms with Gasteiger partial charge in [0, 0.05) is 10.8 Å². The van der Waals surface area contributed by atoms with Crippen LogP contribution in [0.4, 0.5) is 0 Å². The van der Waals surface area contributed by atoms with E-state index >= 15 is 0 Å². The number of hydrogen-bond acceptors (Lipinski definition) is 2. The average Bonchev–Trinajstić information content (AvgIpc) is 2.86. The van der Waals surface area contributed by atoms with E-state index in [0.29, 0.717) is 0 Å². The van der Waals surface area contributed by atoms with E-state index in [1.54, 1.807) is 12.1 Å². The SMILES string of the molecule is Oc1ccc(-c2cccc3oc4ccccc4c23)cc1. The van der Waals surface area contributed by atoms with Crippen molar-refractivity contribution < 1.29 is 9.52 Å². The first kappa shape index (κ1) is 11.1. The minimum atomic E-state index is 0.276. The second-order valence-electron chi connectivity index (χ2n) is 4.82. The number of aromatic hydroxyl groups is 1. The van der Waals surface area contributed by atoms with Crippen LogP contribution in [-0.4, -0.2) is 5.11 Å². The van der Waals surface area contributed by atoms with Gasteiger partial charge in [-0.1, -0.05) is 42.5 Å². The summed E-state index contributed by atoms with van der Waals surface area (Å²) in [7, 11) is 0. The number of furan rings is 1. The lowest BCUT2D eigenvalue weighted by atomic mass is 9.99. The molecule has 0 amide bonds. The minimum Gasteiger partial charge on any atom is -0.508 e. The molecule has 3 aromatic carbocycles. The molecule has 0 aliphatic carbocycles. The number of rotatable bonds is 1. The van der Waals surface area contributed by atoms with E-state index < -0.39 is 0 Å². The van der Waals surface area contributed by atoms with Gasteiger partial charge in [-0.05, 0) is 35.4 Å². The molecule has 4 rings (SSSR count). The molecular weight excluding hydrogens is 248 g/mol. The molecule has 2 heteroatoms. The first-order valence-electron chi connectivity index (χ1n) is 6.52. The molecule has 0 saturated heterocycles. The summed E-state index contributed by atoms with van der Waals surface area (Å²) in [5, 5.41) is 11.7. The Kier molecular flexibility index (Phi) is 2.30. The van der Waals surface area contributed by atoms with Gasteiger partial charge in [-0.15, -0.1) is 0 Å². The van der Waals surface area contributed by atoms with E-state index in [-0.39, 0.29) is 5.75 Å². The standard InChI is InChI=1S/C18H12O2/c19-13-10-8-12(9-11-13)14-5-3-7-17-18(14)15-4-1-2-6-16(15)20-17/h1-11,19H. The van der Waals surface area contributed by atoms with Crippen LogP contribution < -0.4 is 0 Å². The second-order valence-corrected chi connectivity index (χ2v) is 4.82. The zero-order valence-corrected chi connectivity index (χ0v) is 10.7. The lowest BCUT2D eigenvalue weighted by Gasteiger charge is -2.03. The Bertz CT molecular complexity index is 902. The maximum Gasteiger partial charge on any atom is 0.136 e. The van der Waals surface area contributed by atoms with Crippen LogP contribution in [0.15, 0.2) is 71.1 Å². The summed E-state index contributed by atoms with van der Waals surface area (Å²) < 4.78 is 5.89. The third-order valence-electron chi connectivity index (χ3n) is 3.58. The van der Waals surface area contributed by atoms with Gasteiger partial charge in [0.15, 0.2) is 0 Å². The summed E-state index contributed by atoms with van der Waals surface area (Å²) in [6.45, 7) is 0. The van der Waals surface area contributed by atoms with E-state index in [9.17, 15) is 5.11 Å². The molecule has 0 atom stereocenters. The van der Waals surface area contributed by atoms with Crippen molar-refractivity contribution in [2.75, 3.05) is 0 Å². The molecule has 0 saturated carbocycles. The molecule has 0 aliphatic rings. The van der Waals surface area contributed by atoms with Gasteiger partial charge in [-0.3, -0.25) is 0 Å². The van der Waals surface area contributed by atoms with Crippen LogP contribution in [0.2, 0.25) is 0 Å². The Balaban J connectivity index is 2.11. The van der Waals surface area contributed by atoms with Gasteiger partial charge in [0.25, 0.3) is 0 Å². The van der Waals surface area contributed by atoms with Crippen LogP contribution in [0, 0.1) is 0 Å². The Morgan fingerprint density at radius 3 is 2.30 bits per heavy atom. The first-order chi connectivity index (χ1) is 9.83. The topological polar surface area (TPSA) is 33.4 Å². The van der Waals surface area contributed by atoms with Gasteiger partial charge >= 0.3 is 0 Å². The largest absolute Gasteiger partial charge is 0.508 e. The highest BCUT2D eigenvalue weighted by molar-refractivity contribution is 6.12. The molecule has 0 bridgehead atoms. The number of benzene rings is 3. The van der Waals surface area contributed by atoms with Crippen LogP contribution in [0.3, 0.4) is 0 Å². The third-order valence-corrected chi connectivity index (χ3v) is 3.58. The second kappa shape index (κ2) is 4.14. The summed E-state index contributed by atoms with van der Waals surface area (Å²) in [5.41, 5.74) is 3.97. The van der Waals surface area contributed by atoms with Gasteiger partial charge in [0.05, 0.1) is 0 Å². The molecule has 96 valence electrons. The lowest BCUT2D eigenvalue weighted by Crippen LogP contribution is -1.78. The maximum absolute atomic E-state index is 9.43. The van der Waals surface area contributed by atoms with Crippen molar-refractivity contribution in [2.45, 2.75) is 0 Å². The van der Waals surface area contributed by atoms with E-state index in [0.717, 1.165) is 33.1 Å². The number of hydrogen-bond donors (Lipinski definition) is 1. The molecule has 20 heavy (non-hydrogen) atoms. The predicted molar refractivity (Wildman–Crippen MR) is 80.8 cm³/mol. The molecular formula is C18H12O2. The van der Waals surface area contributed by atoms with Crippen molar-refractivity contribution in [3.8, 4) is 16.9 Å². The Morgan fingerprint density at radius 2 is 1.45 bits per heavy atom. The summed E-state index contributed by atoms with van der Waals surface area (Å²) in [6.07, 6.45) is 0. The molecule has 1 heterocycles. The monoisotopic (exact) mass is 260 g/mol. The summed E-state index contributed by atoms with van der Waals surface area (Å²) in [5.74, 6) is 0.276. The first-order valence-corrected chi connectivity index (χ1v) is 6.52. The van der Waals surface area contributed by atoms with E-state index in [1.165, 1.54) is 0 Å². The highest BCUT2D eigenvalue weighted by atomic mass is 16.3. The van der Waals surface area contributed by atoms with Crippen LogP contribution >= 0.6 is 0 Å². The normalized spacial score (nSPS) is 11.2. The average molecular weight is 260 g/mol. The highest BCUT2D eigenvalue weighted by Gasteiger charge is 2.11. The van der Waals surface area contributed by atoms with Crippen molar-refractivity contribution in [1.82, 2.24) is 0 Å². The fraction of sp³-hybridized carbons (Fsp3) is 0. The number of phenolic OH excluding ortho intramolecular Hbond substituents is 1. The summed E-state index contributed by atoms with van der Waals surface area (Å²) in [6, 6.07) is 21.4. The van der Waals surface area contributed by atoms with Gasteiger partial charge in [0.1, 0.15) is 16.9 Å². The van der Waals surface area contributed by atoms with Crippen LogP contribution in [0.25, 0.3) is 33.1 Å². The Hall–Kier alpha value is -2.74. The van der Waals surface area contributed by atoms with Crippen molar-refractivity contribution >= 4 is 21.9 Å². The number of fused-ring (bicyclic) bond motifs is 3. The van der Waals surface area contributed by atoms with E-state index in [1.807, 2.05) is 42.5 Å². The fourth-order valence-corrected chi connectivity index (χ4v) is 2.66. The Morgan fingerprint density at radius 1 is 0.700 bits per heavy atom. The third kappa shape index (κ3) is 1.58. The molecule has 0 radical (unpaired) electrons. The van der Waals surface area contributed by atoms with Gasteiger partial charge in [-0.25, -0.2) is 0 Å². The van der Waals surface area contributed by atoms with Crippen LogP contribution in [0.5, 0.6) is 5.75 Å². The van der Waals surface area contributed by atoms with Crippen LogP contribution in [-0.2, 0) is 0 Å². The lowest BCUT2D eigenvalue weighted by molar-refractivity contribution is 0.475. The van der Waals surface area contributed by atoms with E-state index in [2.05, 4.69) is 12.1 Å². The minimum absolute atomic E-state index is 0.276. The maximum atomic E-state index is 9.43.